The van der Waals surface area contributed by atoms with E-state index >= 15 is 0 Å². The zero-order valence-corrected chi connectivity index (χ0v) is 13.6. The summed E-state index contributed by atoms with van der Waals surface area (Å²) in [6.45, 7) is 7.56. The number of amides is 2. The van der Waals surface area contributed by atoms with Gasteiger partial charge in [0.15, 0.2) is 0 Å². The van der Waals surface area contributed by atoms with Crippen LogP contribution in [-0.2, 0) is 9.53 Å². The third kappa shape index (κ3) is 4.04. The van der Waals surface area contributed by atoms with Crippen molar-refractivity contribution in [2.75, 3.05) is 26.0 Å². The zero-order chi connectivity index (χ0) is 16.2. The van der Waals surface area contributed by atoms with Gasteiger partial charge in [-0.15, -0.1) is 0 Å². The Morgan fingerprint density at radius 1 is 1.29 bits per heavy atom. The summed E-state index contributed by atoms with van der Waals surface area (Å²) in [4.78, 5) is 25.9. The molecule has 0 atom stereocenters. The maximum absolute atomic E-state index is 12.3. The second-order valence-electron chi connectivity index (χ2n) is 5.58. The van der Waals surface area contributed by atoms with Crippen LogP contribution >= 0.6 is 0 Å². The lowest BCUT2D eigenvalue weighted by Gasteiger charge is -2.24. The molecule has 0 bridgehead atoms. The zero-order valence-electron chi connectivity index (χ0n) is 13.6. The summed E-state index contributed by atoms with van der Waals surface area (Å²) in [5, 5.41) is 2.83. The molecule has 1 aromatic rings. The molecule has 0 heterocycles. The minimum absolute atomic E-state index is 0.0901. The summed E-state index contributed by atoms with van der Waals surface area (Å²) in [5.74, 6) is -0.324. The summed E-state index contributed by atoms with van der Waals surface area (Å²) in [6.07, 6.45) is 0. The molecule has 21 heavy (non-hydrogen) atoms. The molecule has 2 amide bonds. The van der Waals surface area contributed by atoms with E-state index in [9.17, 15) is 9.59 Å². The smallest absolute Gasteiger partial charge is 0.256 e. The third-order valence-corrected chi connectivity index (χ3v) is 3.27. The number of anilines is 1. The molecule has 0 saturated heterocycles. The van der Waals surface area contributed by atoms with Crippen molar-refractivity contribution in [1.29, 1.82) is 0 Å². The highest BCUT2D eigenvalue weighted by Gasteiger charge is 2.28. The van der Waals surface area contributed by atoms with E-state index in [1.807, 2.05) is 13.8 Å². The first kappa shape index (κ1) is 17.2. The van der Waals surface area contributed by atoms with Crippen molar-refractivity contribution < 1.29 is 14.3 Å². The highest BCUT2D eigenvalue weighted by Crippen LogP contribution is 2.22. The van der Waals surface area contributed by atoms with E-state index in [-0.39, 0.29) is 11.8 Å². The van der Waals surface area contributed by atoms with E-state index in [0.29, 0.717) is 17.9 Å². The van der Waals surface area contributed by atoms with Crippen LogP contribution in [0.2, 0.25) is 0 Å². The van der Waals surface area contributed by atoms with Gasteiger partial charge in [-0.25, -0.2) is 0 Å². The summed E-state index contributed by atoms with van der Waals surface area (Å²) in [6, 6.07) is 5.29. The molecule has 0 fully saturated rings. The molecule has 1 aromatic carbocycles. The van der Waals surface area contributed by atoms with E-state index in [2.05, 4.69) is 5.32 Å². The molecule has 0 aromatic heterocycles. The Morgan fingerprint density at radius 3 is 2.43 bits per heavy atom. The maximum Gasteiger partial charge on any atom is 0.256 e. The molecule has 5 heteroatoms. The molecule has 1 rings (SSSR count). The quantitative estimate of drug-likeness (QED) is 0.907. The van der Waals surface area contributed by atoms with Crippen LogP contribution < -0.4 is 5.32 Å². The van der Waals surface area contributed by atoms with Crippen molar-refractivity contribution in [1.82, 2.24) is 4.90 Å². The molecular formula is C16H24N2O3. The van der Waals surface area contributed by atoms with E-state index in [1.165, 1.54) is 4.90 Å². The molecule has 0 aliphatic rings. The summed E-state index contributed by atoms with van der Waals surface area (Å²) in [7, 11) is 3.40. The Labute approximate surface area is 126 Å². The first-order chi connectivity index (χ1) is 9.70. The summed E-state index contributed by atoms with van der Waals surface area (Å²) in [5.41, 5.74) is 1.03. The average Bonchev–Trinajstić information content (AvgIpc) is 2.40. The van der Waals surface area contributed by atoms with E-state index < -0.39 is 5.60 Å². The predicted molar refractivity (Wildman–Crippen MR) is 83.5 cm³/mol. The first-order valence-electron chi connectivity index (χ1n) is 6.97. The topological polar surface area (TPSA) is 58.6 Å². The van der Waals surface area contributed by atoms with Gasteiger partial charge in [0, 0.05) is 32.0 Å². The van der Waals surface area contributed by atoms with E-state index in [0.717, 1.165) is 5.56 Å². The van der Waals surface area contributed by atoms with Crippen LogP contribution in [0.1, 0.15) is 36.7 Å². The number of benzene rings is 1. The Bertz CT molecular complexity index is 536. The fourth-order valence-electron chi connectivity index (χ4n) is 1.94. The van der Waals surface area contributed by atoms with Crippen LogP contribution in [0.15, 0.2) is 18.2 Å². The van der Waals surface area contributed by atoms with Crippen molar-refractivity contribution in [3.63, 3.8) is 0 Å². The lowest BCUT2D eigenvalue weighted by molar-refractivity contribution is -0.136. The molecule has 0 aliphatic carbocycles. The Kier molecular flexibility index (Phi) is 5.49. The highest BCUT2D eigenvalue weighted by molar-refractivity contribution is 6.01. The number of carbonyl (C=O) groups is 2. The average molecular weight is 292 g/mol. The van der Waals surface area contributed by atoms with Crippen LogP contribution in [-0.4, -0.2) is 43.0 Å². The maximum atomic E-state index is 12.3. The second-order valence-corrected chi connectivity index (χ2v) is 5.58. The lowest BCUT2D eigenvalue weighted by Crippen LogP contribution is -2.40. The first-order valence-corrected chi connectivity index (χ1v) is 6.97. The van der Waals surface area contributed by atoms with E-state index in [4.69, 9.17) is 4.74 Å². The number of ether oxygens (including phenoxy) is 1. The normalized spacial score (nSPS) is 11.1. The third-order valence-electron chi connectivity index (χ3n) is 3.27. The van der Waals surface area contributed by atoms with Crippen molar-refractivity contribution in [2.45, 2.75) is 33.3 Å². The molecular weight excluding hydrogens is 268 g/mol. The van der Waals surface area contributed by atoms with Crippen molar-refractivity contribution in [3.05, 3.63) is 29.3 Å². The number of nitrogens with one attached hydrogen (secondary N) is 1. The monoisotopic (exact) mass is 292 g/mol. The number of rotatable bonds is 5. The minimum Gasteiger partial charge on any atom is -0.366 e. The summed E-state index contributed by atoms with van der Waals surface area (Å²) < 4.78 is 5.43. The van der Waals surface area contributed by atoms with Crippen LogP contribution in [0, 0.1) is 6.92 Å². The van der Waals surface area contributed by atoms with Crippen molar-refractivity contribution >= 4 is 17.5 Å². The van der Waals surface area contributed by atoms with Crippen LogP contribution in [0.3, 0.4) is 0 Å². The number of hydrogen-bond donors (Lipinski definition) is 1. The fraction of sp³-hybridized carbons (Fsp3) is 0.500. The molecule has 116 valence electrons. The van der Waals surface area contributed by atoms with Gasteiger partial charge in [0.25, 0.3) is 11.8 Å². The predicted octanol–water partition coefficient (Wildman–Crippen LogP) is 2.45. The van der Waals surface area contributed by atoms with Gasteiger partial charge in [0.1, 0.15) is 5.60 Å². The van der Waals surface area contributed by atoms with Gasteiger partial charge in [-0.05, 0) is 45.4 Å². The molecule has 0 aliphatic heterocycles. The van der Waals surface area contributed by atoms with Gasteiger partial charge >= 0.3 is 0 Å². The molecule has 1 N–H and O–H groups in total. The molecule has 0 unspecified atom stereocenters. The van der Waals surface area contributed by atoms with Gasteiger partial charge in [-0.3, -0.25) is 9.59 Å². The summed E-state index contributed by atoms with van der Waals surface area (Å²) >= 11 is 0. The molecule has 5 nitrogen and oxygen atoms in total. The van der Waals surface area contributed by atoms with Crippen LogP contribution in [0.5, 0.6) is 0 Å². The SMILES string of the molecule is CCOC(C)(C)C(=O)Nc1cccc(C(=O)N(C)C)c1C. The van der Waals surface area contributed by atoms with Crippen LogP contribution in [0.4, 0.5) is 5.69 Å². The standard InChI is InChI=1S/C16H24N2O3/c1-7-21-16(3,4)15(20)17-13-10-8-9-12(11(13)2)14(19)18(5)6/h8-10H,7H2,1-6H3,(H,17,20). The highest BCUT2D eigenvalue weighted by atomic mass is 16.5. The molecule has 0 saturated carbocycles. The number of carbonyl (C=O) groups excluding carboxylic acids is 2. The van der Waals surface area contributed by atoms with Gasteiger partial charge in [0.05, 0.1) is 0 Å². The Hall–Kier alpha value is -1.88. The Balaban J connectivity index is 3.03. The molecule has 0 spiro atoms. The van der Waals surface area contributed by atoms with Gasteiger partial charge < -0.3 is 15.0 Å². The van der Waals surface area contributed by atoms with Gasteiger partial charge in [-0.1, -0.05) is 6.07 Å². The largest absolute Gasteiger partial charge is 0.366 e. The van der Waals surface area contributed by atoms with Crippen LogP contribution in [0.25, 0.3) is 0 Å². The van der Waals surface area contributed by atoms with Gasteiger partial charge in [0.2, 0.25) is 0 Å². The second kappa shape index (κ2) is 6.72. The van der Waals surface area contributed by atoms with Gasteiger partial charge in [-0.2, -0.15) is 0 Å². The van der Waals surface area contributed by atoms with Crippen molar-refractivity contribution in [3.8, 4) is 0 Å². The number of hydrogen-bond acceptors (Lipinski definition) is 3. The van der Waals surface area contributed by atoms with Crippen molar-refractivity contribution in [2.24, 2.45) is 0 Å². The minimum atomic E-state index is -0.914. The van der Waals surface area contributed by atoms with E-state index in [1.54, 1.807) is 46.1 Å². The lowest BCUT2D eigenvalue weighted by atomic mass is 10.0. The molecule has 0 radical (unpaired) electrons. The Morgan fingerprint density at radius 2 is 1.90 bits per heavy atom. The fourth-order valence-corrected chi connectivity index (χ4v) is 1.94. The number of nitrogens with zero attached hydrogens (tertiary/aromatic N) is 1.